The molecule has 0 saturated carbocycles. The lowest BCUT2D eigenvalue weighted by atomic mass is 10.1. The fourth-order valence-electron chi connectivity index (χ4n) is 2.37. The molecule has 0 aliphatic heterocycles. The number of ether oxygens (including phenoxy) is 2. The van der Waals surface area contributed by atoms with Crippen molar-refractivity contribution >= 4 is 5.91 Å². The van der Waals surface area contributed by atoms with Crippen molar-refractivity contribution in [1.82, 2.24) is 10.6 Å². The van der Waals surface area contributed by atoms with Crippen molar-refractivity contribution in [2.75, 3.05) is 33.4 Å². The summed E-state index contributed by atoms with van der Waals surface area (Å²) in [5.41, 5.74) is 2.83. The Morgan fingerprint density at radius 1 is 1.00 bits per heavy atom. The summed E-state index contributed by atoms with van der Waals surface area (Å²) in [4.78, 5) is 12.4. The lowest BCUT2D eigenvalue weighted by molar-refractivity contribution is 0.0949. The number of para-hydroxylation sites is 1. The van der Waals surface area contributed by atoms with E-state index in [0.717, 1.165) is 12.1 Å². The van der Waals surface area contributed by atoms with Gasteiger partial charge in [0.2, 0.25) is 0 Å². The summed E-state index contributed by atoms with van der Waals surface area (Å²) in [6, 6.07) is 15.4. The number of methoxy groups -OCH3 is 1. The standard InChI is InChI=1S/C20H26N2O3/c1-16-7-3-4-8-17(16)15-25-19-10-6-5-9-18(19)20(23)22-12-11-21-13-14-24-2/h3-10,21H,11-15H2,1-2H3,(H,22,23). The molecule has 2 aromatic carbocycles. The van der Waals surface area contributed by atoms with Gasteiger partial charge < -0.3 is 20.1 Å². The van der Waals surface area contributed by atoms with E-state index in [9.17, 15) is 4.79 Å². The second kappa shape index (κ2) is 10.5. The Morgan fingerprint density at radius 3 is 2.56 bits per heavy atom. The number of rotatable bonds is 10. The third kappa shape index (κ3) is 6.21. The lowest BCUT2D eigenvalue weighted by Crippen LogP contribution is -2.33. The third-order valence-corrected chi connectivity index (χ3v) is 3.85. The van der Waals surface area contributed by atoms with Gasteiger partial charge in [0.1, 0.15) is 12.4 Å². The molecule has 134 valence electrons. The highest BCUT2D eigenvalue weighted by Crippen LogP contribution is 2.20. The van der Waals surface area contributed by atoms with Crippen molar-refractivity contribution in [2.45, 2.75) is 13.5 Å². The van der Waals surface area contributed by atoms with E-state index < -0.39 is 0 Å². The van der Waals surface area contributed by atoms with Crippen LogP contribution in [0.3, 0.4) is 0 Å². The van der Waals surface area contributed by atoms with Crippen LogP contribution in [0.5, 0.6) is 5.75 Å². The lowest BCUT2D eigenvalue weighted by Gasteiger charge is -2.13. The monoisotopic (exact) mass is 342 g/mol. The van der Waals surface area contributed by atoms with Gasteiger partial charge in [-0.3, -0.25) is 4.79 Å². The van der Waals surface area contributed by atoms with Gasteiger partial charge in [-0.2, -0.15) is 0 Å². The molecule has 0 spiro atoms. The Kier molecular flexibility index (Phi) is 7.95. The van der Waals surface area contributed by atoms with E-state index in [1.807, 2.05) is 49.4 Å². The number of nitrogens with one attached hydrogen (secondary N) is 2. The zero-order valence-corrected chi connectivity index (χ0v) is 14.9. The Hall–Kier alpha value is -2.37. The van der Waals surface area contributed by atoms with Crippen molar-refractivity contribution in [3.63, 3.8) is 0 Å². The van der Waals surface area contributed by atoms with Gasteiger partial charge in [0, 0.05) is 26.7 Å². The SMILES string of the molecule is COCCNCCNC(=O)c1ccccc1OCc1ccccc1C. The third-order valence-electron chi connectivity index (χ3n) is 3.85. The van der Waals surface area contributed by atoms with E-state index in [2.05, 4.69) is 10.6 Å². The van der Waals surface area contributed by atoms with Crippen molar-refractivity contribution in [3.05, 3.63) is 65.2 Å². The molecular weight excluding hydrogens is 316 g/mol. The molecule has 25 heavy (non-hydrogen) atoms. The number of carbonyl (C=O) groups excluding carboxylic acids is 1. The van der Waals surface area contributed by atoms with Crippen LogP contribution in [0.2, 0.25) is 0 Å². The van der Waals surface area contributed by atoms with Gasteiger partial charge in [-0.1, -0.05) is 36.4 Å². The molecule has 0 aromatic heterocycles. The first-order valence-corrected chi connectivity index (χ1v) is 8.46. The smallest absolute Gasteiger partial charge is 0.255 e. The van der Waals surface area contributed by atoms with E-state index in [1.165, 1.54) is 5.56 Å². The van der Waals surface area contributed by atoms with Gasteiger partial charge in [0.05, 0.1) is 12.2 Å². The van der Waals surface area contributed by atoms with Crippen LogP contribution < -0.4 is 15.4 Å². The van der Waals surface area contributed by atoms with Crippen LogP contribution in [0.1, 0.15) is 21.5 Å². The molecule has 2 rings (SSSR count). The largest absolute Gasteiger partial charge is 0.488 e. The highest BCUT2D eigenvalue weighted by atomic mass is 16.5. The van der Waals surface area contributed by atoms with Crippen molar-refractivity contribution < 1.29 is 14.3 Å². The molecule has 0 fully saturated rings. The maximum Gasteiger partial charge on any atom is 0.255 e. The van der Waals surface area contributed by atoms with E-state index in [1.54, 1.807) is 13.2 Å². The van der Waals surface area contributed by atoms with Crippen LogP contribution in [0.25, 0.3) is 0 Å². The average Bonchev–Trinajstić information content (AvgIpc) is 2.64. The number of carbonyl (C=O) groups is 1. The first kappa shape index (κ1) is 19.0. The maximum atomic E-state index is 12.4. The maximum absolute atomic E-state index is 12.4. The van der Waals surface area contributed by atoms with Gasteiger partial charge in [-0.05, 0) is 30.2 Å². The molecule has 0 radical (unpaired) electrons. The zero-order chi connectivity index (χ0) is 17.9. The molecule has 1 amide bonds. The highest BCUT2D eigenvalue weighted by molar-refractivity contribution is 5.96. The number of hydrogen-bond donors (Lipinski definition) is 2. The Balaban J connectivity index is 1.88. The minimum absolute atomic E-state index is 0.131. The average molecular weight is 342 g/mol. The fraction of sp³-hybridized carbons (Fsp3) is 0.350. The number of amides is 1. The molecule has 0 aliphatic rings. The van der Waals surface area contributed by atoms with E-state index in [4.69, 9.17) is 9.47 Å². The second-order valence-corrected chi connectivity index (χ2v) is 5.71. The first-order valence-electron chi connectivity index (χ1n) is 8.46. The van der Waals surface area contributed by atoms with Gasteiger partial charge in [0.15, 0.2) is 0 Å². The Bertz CT molecular complexity index is 673. The molecule has 0 aliphatic carbocycles. The molecule has 0 atom stereocenters. The van der Waals surface area contributed by atoms with Crippen molar-refractivity contribution in [1.29, 1.82) is 0 Å². The highest BCUT2D eigenvalue weighted by Gasteiger charge is 2.11. The summed E-state index contributed by atoms with van der Waals surface area (Å²) in [6.07, 6.45) is 0. The summed E-state index contributed by atoms with van der Waals surface area (Å²) in [6.45, 7) is 5.16. The van der Waals surface area contributed by atoms with Gasteiger partial charge in [0.25, 0.3) is 5.91 Å². The first-order chi connectivity index (χ1) is 12.2. The molecule has 2 N–H and O–H groups in total. The molecule has 0 unspecified atom stereocenters. The van der Waals surface area contributed by atoms with Crippen molar-refractivity contribution in [3.8, 4) is 5.75 Å². The van der Waals surface area contributed by atoms with Crippen LogP contribution in [-0.2, 0) is 11.3 Å². The van der Waals surface area contributed by atoms with Crippen LogP contribution in [-0.4, -0.2) is 39.3 Å². The van der Waals surface area contributed by atoms with Crippen LogP contribution >= 0.6 is 0 Å². The molecular formula is C20H26N2O3. The normalized spacial score (nSPS) is 10.5. The molecule has 0 bridgehead atoms. The Labute approximate surface area is 149 Å². The van der Waals surface area contributed by atoms with Gasteiger partial charge in [-0.15, -0.1) is 0 Å². The predicted octanol–water partition coefficient (Wildman–Crippen LogP) is 2.54. The predicted molar refractivity (Wildman–Crippen MR) is 99.0 cm³/mol. The van der Waals surface area contributed by atoms with Crippen LogP contribution in [0.15, 0.2) is 48.5 Å². The summed E-state index contributed by atoms with van der Waals surface area (Å²) in [5, 5.41) is 6.09. The Morgan fingerprint density at radius 2 is 1.76 bits per heavy atom. The van der Waals surface area contributed by atoms with Gasteiger partial charge >= 0.3 is 0 Å². The molecule has 2 aromatic rings. The molecule has 5 nitrogen and oxygen atoms in total. The second-order valence-electron chi connectivity index (χ2n) is 5.71. The topological polar surface area (TPSA) is 59.6 Å². The zero-order valence-electron chi connectivity index (χ0n) is 14.9. The number of aryl methyl sites for hydroxylation is 1. The van der Waals surface area contributed by atoms with E-state index in [-0.39, 0.29) is 5.91 Å². The van der Waals surface area contributed by atoms with Gasteiger partial charge in [-0.25, -0.2) is 0 Å². The van der Waals surface area contributed by atoms with E-state index in [0.29, 0.717) is 37.6 Å². The number of benzene rings is 2. The summed E-state index contributed by atoms with van der Waals surface area (Å²) < 4.78 is 10.9. The quantitative estimate of drug-likeness (QED) is 0.652. The minimum atomic E-state index is -0.131. The fourth-order valence-corrected chi connectivity index (χ4v) is 2.37. The summed E-state index contributed by atoms with van der Waals surface area (Å²) >= 11 is 0. The molecule has 0 saturated heterocycles. The minimum Gasteiger partial charge on any atom is -0.488 e. The summed E-state index contributed by atoms with van der Waals surface area (Å²) in [5.74, 6) is 0.463. The van der Waals surface area contributed by atoms with E-state index >= 15 is 0 Å². The molecule has 5 heteroatoms. The van der Waals surface area contributed by atoms with Crippen molar-refractivity contribution in [2.24, 2.45) is 0 Å². The van der Waals surface area contributed by atoms with Crippen LogP contribution in [0.4, 0.5) is 0 Å². The number of hydrogen-bond acceptors (Lipinski definition) is 4. The molecule has 0 heterocycles. The summed E-state index contributed by atoms with van der Waals surface area (Å²) in [7, 11) is 1.66. The van der Waals surface area contributed by atoms with Crippen LogP contribution in [0, 0.1) is 6.92 Å².